The maximum absolute atomic E-state index is 10.3. The number of nitrogen functional groups attached to an aromatic ring is 1. The summed E-state index contributed by atoms with van der Waals surface area (Å²) in [6, 6.07) is 18.7. The Balaban J connectivity index is 0.000000114. The quantitative estimate of drug-likeness (QED) is 0.364. The third-order valence-electron chi connectivity index (χ3n) is 4.53. The number of rotatable bonds is 1. The van der Waals surface area contributed by atoms with Crippen LogP contribution in [0.1, 0.15) is 29.8 Å². The predicted molar refractivity (Wildman–Crippen MR) is 102 cm³/mol. The number of carbonyl (C=O) groups excluding carboxylic acids is 1. The molecule has 0 radical (unpaired) electrons. The first-order valence-electron chi connectivity index (χ1n) is 8.67. The number of hydrogen-bond donors (Lipinski definition) is 1. The summed E-state index contributed by atoms with van der Waals surface area (Å²) in [6.07, 6.45) is 9.89. The molecule has 1 saturated carbocycles. The van der Waals surface area contributed by atoms with Crippen molar-refractivity contribution in [2.45, 2.75) is 19.3 Å². The van der Waals surface area contributed by atoms with Crippen molar-refractivity contribution in [3.05, 3.63) is 78.6 Å². The van der Waals surface area contributed by atoms with Gasteiger partial charge in [-0.25, -0.2) is 0 Å². The Morgan fingerprint density at radius 2 is 1.56 bits per heavy atom. The summed E-state index contributed by atoms with van der Waals surface area (Å²) in [7, 11) is 0. The van der Waals surface area contributed by atoms with E-state index >= 15 is 0 Å². The zero-order valence-corrected chi connectivity index (χ0v) is 14.2. The van der Waals surface area contributed by atoms with E-state index in [-0.39, 0.29) is 0 Å². The molecule has 0 amide bonds. The minimum absolute atomic E-state index is 0.381. The van der Waals surface area contributed by atoms with Gasteiger partial charge in [0.05, 0.1) is 0 Å². The molecule has 3 heteroatoms. The monoisotopic (exact) mass is 333 g/mol. The van der Waals surface area contributed by atoms with Crippen molar-refractivity contribution in [3.63, 3.8) is 0 Å². The Morgan fingerprint density at radius 1 is 0.920 bits per heavy atom. The van der Waals surface area contributed by atoms with Crippen molar-refractivity contribution in [2.24, 2.45) is 11.8 Å². The number of fused-ring (bicyclic) bond motifs is 3. The molecule has 2 aromatic carbocycles. The second-order valence-electron chi connectivity index (χ2n) is 6.43. The Bertz CT molecular complexity index is 790. The highest BCUT2D eigenvalue weighted by atomic mass is 16.3. The van der Waals surface area contributed by atoms with Gasteiger partial charge in [0.2, 0.25) is 0 Å². The lowest BCUT2D eigenvalue weighted by Gasteiger charge is -1.96. The molecule has 2 unspecified atom stereocenters. The maximum atomic E-state index is 10.3. The van der Waals surface area contributed by atoms with Crippen LogP contribution in [0.3, 0.4) is 0 Å². The molecule has 1 aromatic heterocycles. The minimum atomic E-state index is 0.381. The molecular weight excluding hydrogens is 310 g/mol. The fourth-order valence-electron chi connectivity index (χ4n) is 3.23. The van der Waals surface area contributed by atoms with E-state index in [1.54, 1.807) is 6.07 Å². The van der Waals surface area contributed by atoms with E-state index < -0.39 is 0 Å². The normalized spacial score (nSPS) is 19.7. The molecule has 5 rings (SSSR count). The maximum Gasteiger partial charge on any atom is 0.185 e. The number of furan rings is 1. The van der Waals surface area contributed by atoms with E-state index in [2.05, 4.69) is 12.2 Å². The number of carbonyl (C=O) groups is 1. The first kappa shape index (κ1) is 17.0. The lowest BCUT2D eigenvalue weighted by molar-refractivity contribution is 0.110. The van der Waals surface area contributed by atoms with Gasteiger partial charge in [0, 0.05) is 11.1 Å². The van der Waals surface area contributed by atoms with Gasteiger partial charge in [-0.05, 0) is 55.4 Å². The van der Waals surface area contributed by atoms with Crippen LogP contribution in [-0.4, -0.2) is 6.29 Å². The smallest absolute Gasteiger partial charge is 0.185 e. The molecule has 3 aromatic rings. The number of benzene rings is 2. The molecule has 128 valence electrons. The molecule has 0 aliphatic heterocycles. The second-order valence-corrected chi connectivity index (χ2v) is 6.43. The molecule has 2 atom stereocenters. The highest BCUT2D eigenvalue weighted by molar-refractivity contribution is 5.84. The van der Waals surface area contributed by atoms with Gasteiger partial charge in [-0.3, -0.25) is 4.79 Å². The molecule has 1 heterocycles. The van der Waals surface area contributed by atoms with Crippen LogP contribution in [0.15, 0.2) is 77.2 Å². The number of hydrogen-bond acceptors (Lipinski definition) is 3. The highest BCUT2D eigenvalue weighted by Crippen LogP contribution is 2.38. The number of allylic oxidation sites excluding steroid dienone is 2. The van der Waals surface area contributed by atoms with E-state index in [0.29, 0.717) is 12.0 Å². The third-order valence-corrected chi connectivity index (χ3v) is 4.53. The van der Waals surface area contributed by atoms with Gasteiger partial charge >= 0.3 is 0 Å². The molecule has 2 aliphatic carbocycles. The van der Waals surface area contributed by atoms with E-state index in [4.69, 9.17) is 10.2 Å². The number of para-hydroxylation sites is 2. The Kier molecular flexibility index (Phi) is 5.68. The van der Waals surface area contributed by atoms with Crippen molar-refractivity contribution in [1.29, 1.82) is 0 Å². The minimum Gasteiger partial charge on any atom is -0.453 e. The molecule has 2 aliphatic rings. The standard InChI is InChI=1S/C9H6O2.C7H10.C6H7N/c10-6-8-5-7-3-1-2-4-9(7)11-8;1-2-7-4-3-6(1)5-7;7-6-4-2-1-3-5-6/h1-6H;1-2,6-7H,3-5H2;1-5H,7H2. The van der Waals surface area contributed by atoms with Crippen molar-refractivity contribution < 1.29 is 9.21 Å². The Labute approximate surface area is 148 Å². The van der Waals surface area contributed by atoms with Crippen LogP contribution in [0.5, 0.6) is 0 Å². The molecule has 1 fully saturated rings. The van der Waals surface area contributed by atoms with Crippen molar-refractivity contribution >= 4 is 22.9 Å². The summed E-state index contributed by atoms with van der Waals surface area (Å²) in [5.74, 6) is 2.36. The average Bonchev–Trinajstić information content (AvgIpc) is 3.39. The summed E-state index contributed by atoms with van der Waals surface area (Å²) in [5, 5.41) is 0.967. The number of anilines is 1. The van der Waals surface area contributed by atoms with E-state index in [9.17, 15) is 4.79 Å². The number of nitrogens with two attached hydrogens (primary N) is 1. The fourth-order valence-corrected chi connectivity index (χ4v) is 3.23. The topological polar surface area (TPSA) is 56.2 Å². The fraction of sp³-hybridized carbons (Fsp3) is 0.227. The van der Waals surface area contributed by atoms with Crippen LogP contribution in [0.2, 0.25) is 0 Å². The predicted octanol–water partition coefficient (Wildman–Crippen LogP) is 5.49. The van der Waals surface area contributed by atoms with Crippen LogP contribution >= 0.6 is 0 Å². The van der Waals surface area contributed by atoms with Gasteiger partial charge in [0.15, 0.2) is 12.0 Å². The van der Waals surface area contributed by atoms with Crippen molar-refractivity contribution in [3.8, 4) is 0 Å². The van der Waals surface area contributed by atoms with Gasteiger partial charge < -0.3 is 10.2 Å². The van der Waals surface area contributed by atoms with Crippen molar-refractivity contribution in [2.75, 3.05) is 5.73 Å². The summed E-state index contributed by atoms with van der Waals surface area (Å²) >= 11 is 0. The largest absolute Gasteiger partial charge is 0.453 e. The van der Waals surface area contributed by atoms with E-state index in [1.807, 2.05) is 54.6 Å². The first-order chi connectivity index (χ1) is 12.2. The SMILES string of the molecule is C1=CC2CCC1C2.Nc1ccccc1.O=Cc1cc2ccccc2o1. The van der Waals surface area contributed by atoms with Gasteiger partial charge in [-0.15, -0.1) is 0 Å². The van der Waals surface area contributed by atoms with Crippen LogP contribution in [0.4, 0.5) is 5.69 Å². The van der Waals surface area contributed by atoms with E-state index in [0.717, 1.165) is 28.5 Å². The molecule has 25 heavy (non-hydrogen) atoms. The van der Waals surface area contributed by atoms with Crippen LogP contribution in [0, 0.1) is 11.8 Å². The summed E-state index contributed by atoms with van der Waals surface area (Å²) in [4.78, 5) is 10.3. The van der Waals surface area contributed by atoms with Crippen LogP contribution in [-0.2, 0) is 0 Å². The molecule has 2 bridgehead atoms. The van der Waals surface area contributed by atoms with Gasteiger partial charge in [-0.1, -0.05) is 48.6 Å². The first-order valence-corrected chi connectivity index (χ1v) is 8.67. The van der Waals surface area contributed by atoms with E-state index in [1.165, 1.54) is 19.3 Å². The van der Waals surface area contributed by atoms with Gasteiger partial charge in [-0.2, -0.15) is 0 Å². The number of aldehydes is 1. The molecule has 3 nitrogen and oxygen atoms in total. The zero-order chi connectivity index (χ0) is 17.5. The lowest BCUT2D eigenvalue weighted by Crippen LogP contribution is -1.82. The third kappa shape index (κ3) is 4.83. The van der Waals surface area contributed by atoms with Crippen LogP contribution in [0.25, 0.3) is 11.0 Å². The molecule has 2 N–H and O–H groups in total. The van der Waals surface area contributed by atoms with Gasteiger partial charge in [0.25, 0.3) is 0 Å². The Hall–Kier alpha value is -2.81. The highest BCUT2D eigenvalue weighted by Gasteiger charge is 2.25. The average molecular weight is 333 g/mol. The Morgan fingerprint density at radius 3 is 2.00 bits per heavy atom. The zero-order valence-electron chi connectivity index (χ0n) is 14.2. The summed E-state index contributed by atoms with van der Waals surface area (Å²) in [6.45, 7) is 0. The van der Waals surface area contributed by atoms with Crippen molar-refractivity contribution in [1.82, 2.24) is 0 Å². The molecule has 0 saturated heterocycles. The lowest BCUT2D eigenvalue weighted by atomic mass is 10.1. The summed E-state index contributed by atoms with van der Waals surface area (Å²) < 4.78 is 5.15. The summed E-state index contributed by atoms with van der Waals surface area (Å²) in [5.41, 5.74) is 6.94. The molecular formula is C22H23NO2. The van der Waals surface area contributed by atoms with Gasteiger partial charge in [0.1, 0.15) is 5.58 Å². The second kappa shape index (κ2) is 8.34. The van der Waals surface area contributed by atoms with Crippen LogP contribution < -0.4 is 5.73 Å². The molecule has 0 spiro atoms.